The molecule has 0 aliphatic carbocycles. The third kappa shape index (κ3) is 42.1. The highest BCUT2D eigenvalue weighted by molar-refractivity contribution is 5.69. The zero-order valence-electron chi connectivity index (χ0n) is 34.4. The zero-order valence-corrected chi connectivity index (χ0v) is 34.4. The summed E-state index contributed by atoms with van der Waals surface area (Å²) in [5, 5.41) is 8.93. The number of allylic oxidation sites excluding steroid dienone is 10. The first-order chi connectivity index (χ1) is 25.6. The molecule has 52 heavy (non-hydrogen) atoms. The normalized spacial score (nSPS) is 12.8. The minimum absolute atomic E-state index is 0.0113. The third-order valence-corrected chi connectivity index (χ3v) is 9.75. The quantitative estimate of drug-likeness (QED) is 0.0388. The molecule has 0 fully saturated rings. The SMILES string of the molecule is CC/C=C\C/C=C\C/C=C\C/C=C\C/C=C\CCCCCCCC(=O)OC(CCCCCCCCCCCCCCCCC)CCCCCC(=O)O. The Labute approximate surface area is 323 Å². The van der Waals surface area contributed by atoms with Crippen LogP contribution >= 0.6 is 0 Å². The summed E-state index contributed by atoms with van der Waals surface area (Å²) in [6.07, 6.45) is 59.6. The van der Waals surface area contributed by atoms with E-state index in [9.17, 15) is 9.59 Å². The number of carbonyl (C=O) groups is 2. The van der Waals surface area contributed by atoms with Crippen LogP contribution < -0.4 is 0 Å². The van der Waals surface area contributed by atoms with E-state index in [4.69, 9.17) is 9.84 Å². The van der Waals surface area contributed by atoms with Crippen molar-refractivity contribution in [3.63, 3.8) is 0 Å². The van der Waals surface area contributed by atoms with Crippen LogP contribution in [0.25, 0.3) is 0 Å². The lowest BCUT2D eigenvalue weighted by molar-refractivity contribution is -0.150. The number of carbonyl (C=O) groups excluding carboxylic acids is 1. The Morgan fingerprint density at radius 1 is 0.442 bits per heavy atom. The number of carboxylic acids is 1. The molecule has 0 saturated heterocycles. The van der Waals surface area contributed by atoms with Gasteiger partial charge < -0.3 is 9.84 Å². The molecule has 0 radical (unpaired) electrons. The van der Waals surface area contributed by atoms with Crippen LogP contribution in [0.4, 0.5) is 0 Å². The topological polar surface area (TPSA) is 63.6 Å². The highest BCUT2D eigenvalue weighted by Crippen LogP contribution is 2.19. The number of esters is 1. The third-order valence-electron chi connectivity index (χ3n) is 9.75. The maximum absolute atomic E-state index is 12.7. The summed E-state index contributed by atoms with van der Waals surface area (Å²) in [6, 6.07) is 0. The van der Waals surface area contributed by atoms with Crippen LogP contribution in [0, 0.1) is 0 Å². The Bertz CT molecular complexity index is 911. The van der Waals surface area contributed by atoms with Crippen molar-refractivity contribution < 1.29 is 19.4 Å². The lowest BCUT2D eigenvalue weighted by Gasteiger charge is -2.18. The van der Waals surface area contributed by atoms with Crippen molar-refractivity contribution in [2.24, 2.45) is 0 Å². The number of hydrogen-bond donors (Lipinski definition) is 1. The first kappa shape index (κ1) is 49.6. The van der Waals surface area contributed by atoms with E-state index in [1.165, 1.54) is 109 Å². The average Bonchev–Trinajstić information content (AvgIpc) is 3.13. The van der Waals surface area contributed by atoms with E-state index in [-0.39, 0.29) is 18.5 Å². The molecule has 1 N–H and O–H groups in total. The van der Waals surface area contributed by atoms with E-state index >= 15 is 0 Å². The van der Waals surface area contributed by atoms with Gasteiger partial charge in [-0.25, -0.2) is 0 Å². The van der Waals surface area contributed by atoms with E-state index in [0.717, 1.165) is 83.5 Å². The summed E-state index contributed by atoms with van der Waals surface area (Å²) in [6.45, 7) is 4.44. The molecule has 0 heterocycles. The fourth-order valence-corrected chi connectivity index (χ4v) is 6.51. The van der Waals surface area contributed by atoms with Gasteiger partial charge in [0.2, 0.25) is 0 Å². The van der Waals surface area contributed by atoms with Crippen LogP contribution in [0.15, 0.2) is 60.8 Å². The largest absolute Gasteiger partial charge is 0.481 e. The molecule has 4 nitrogen and oxygen atoms in total. The summed E-state index contributed by atoms with van der Waals surface area (Å²) >= 11 is 0. The predicted molar refractivity (Wildman–Crippen MR) is 227 cm³/mol. The molecule has 0 saturated carbocycles. The molecule has 1 atom stereocenters. The predicted octanol–water partition coefficient (Wildman–Crippen LogP) is 15.7. The molecule has 300 valence electrons. The number of aliphatic carboxylic acids is 1. The van der Waals surface area contributed by atoms with Gasteiger partial charge in [0.15, 0.2) is 0 Å². The molecule has 0 amide bonds. The van der Waals surface area contributed by atoms with E-state index < -0.39 is 5.97 Å². The summed E-state index contributed by atoms with van der Waals surface area (Å²) in [7, 11) is 0. The van der Waals surface area contributed by atoms with E-state index in [2.05, 4.69) is 74.6 Å². The molecule has 4 heteroatoms. The van der Waals surface area contributed by atoms with Crippen LogP contribution in [-0.4, -0.2) is 23.1 Å². The van der Waals surface area contributed by atoms with Gasteiger partial charge in [-0.15, -0.1) is 0 Å². The lowest BCUT2D eigenvalue weighted by Crippen LogP contribution is -2.18. The monoisotopic (exact) mass is 725 g/mol. The summed E-state index contributed by atoms with van der Waals surface area (Å²) in [5.74, 6) is -0.773. The Balaban J connectivity index is 3.96. The number of rotatable bonds is 40. The van der Waals surface area contributed by atoms with Gasteiger partial charge in [0.05, 0.1) is 0 Å². The van der Waals surface area contributed by atoms with Gasteiger partial charge in [0, 0.05) is 12.8 Å². The van der Waals surface area contributed by atoms with Crippen molar-refractivity contribution in [1.82, 2.24) is 0 Å². The number of hydrogen-bond acceptors (Lipinski definition) is 3. The smallest absolute Gasteiger partial charge is 0.306 e. The number of carboxylic acid groups (broad SMARTS) is 1. The lowest BCUT2D eigenvalue weighted by atomic mass is 10.0. The highest BCUT2D eigenvalue weighted by Gasteiger charge is 2.14. The zero-order chi connectivity index (χ0) is 37.8. The first-order valence-corrected chi connectivity index (χ1v) is 22.3. The Hall–Kier alpha value is -2.36. The van der Waals surface area contributed by atoms with E-state index in [0.29, 0.717) is 12.8 Å². The van der Waals surface area contributed by atoms with Crippen molar-refractivity contribution in [2.75, 3.05) is 0 Å². The summed E-state index contributed by atoms with van der Waals surface area (Å²) in [5.41, 5.74) is 0. The average molecular weight is 725 g/mol. The first-order valence-electron chi connectivity index (χ1n) is 22.3. The second kappa shape index (κ2) is 43.0. The van der Waals surface area contributed by atoms with Crippen molar-refractivity contribution >= 4 is 11.9 Å². The maximum Gasteiger partial charge on any atom is 0.306 e. The minimum Gasteiger partial charge on any atom is -0.481 e. The van der Waals surface area contributed by atoms with Crippen LogP contribution in [0.1, 0.15) is 226 Å². The van der Waals surface area contributed by atoms with Gasteiger partial charge >= 0.3 is 11.9 Å². The minimum atomic E-state index is -0.727. The Kier molecular flexibility index (Phi) is 41.1. The molecular formula is C48H84O4. The molecule has 0 bridgehead atoms. The molecule has 0 aliphatic rings. The van der Waals surface area contributed by atoms with E-state index in [1.807, 2.05) is 0 Å². The van der Waals surface area contributed by atoms with Crippen molar-refractivity contribution in [3.8, 4) is 0 Å². The highest BCUT2D eigenvalue weighted by atomic mass is 16.5. The van der Waals surface area contributed by atoms with Gasteiger partial charge in [-0.3, -0.25) is 9.59 Å². The standard InChI is InChI=1S/C48H84O4/c1-3-5-7-9-11-13-15-17-19-20-21-22-23-24-26-28-30-32-34-36-41-45-48(51)52-46(43-39-37-40-44-47(49)50)42-38-35-33-31-29-27-25-18-16-14-12-10-8-6-4-2/h5,7,11,13,17,19,21-22,24,26,46H,3-4,6,8-10,12,14-16,18,20,23,25,27-45H2,1-2H3,(H,49,50)/b7-5-,13-11-,19-17-,22-21-,26-24-. The molecule has 0 rings (SSSR count). The van der Waals surface area contributed by atoms with Crippen LogP contribution in [0.2, 0.25) is 0 Å². The Morgan fingerprint density at radius 2 is 0.808 bits per heavy atom. The maximum atomic E-state index is 12.7. The summed E-state index contributed by atoms with van der Waals surface area (Å²) < 4.78 is 5.96. The molecule has 0 aromatic carbocycles. The second-order valence-electron chi connectivity index (χ2n) is 14.9. The molecule has 0 aromatic heterocycles. The van der Waals surface area contributed by atoms with Crippen molar-refractivity contribution in [2.45, 2.75) is 232 Å². The fourth-order valence-electron chi connectivity index (χ4n) is 6.51. The number of unbranched alkanes of at least 4 members (excludes halogenated alkanes) is 21. The van der Waals surface area contributed by atoms with Gasteiger partial charge in [0.1, 0.15) is 6.10 Å². The molecule has 0 aromatic rings. The van der Waals surface area contributed by atoms with Crippen LogP contribution in [0.3, 0.4) is 0 Å². The summed E-state index contributed by atoms with van der Waals surface area (Å²) in [4.78, 5) is 23.5. The van der Waals surface area contributed by atoms with Gasteiger partial charge in [-0.2, -0.15) is 0 Å². The molecule has 0 spiro atoms. The molecule has 0 aliphatic heterocycles. The molecule has 1 unspecified atom stereocenters. The fraction of sp³-hybridized carbons (Fsp3) is 0.750. The van der Waals surface area contributed by atoms with Crippen molar-refractivity contribution in [1.29, 1.82) is 0 Å². The molecular weight excluding hydrogens is 641 g/mol. The van der Waals surface area contributed by atoms with Crippen molar-refractivity contribution in [3.05, 3.63) is 60.8 Å². The van der Waals surface area contributed by atoms with E-state index in [1.54, 1.807) is 0 Å². The Morgan fingerprint density at radius 3 is 1.27 bits per heavy atom. The van der Waals surface area contributed by atoms with Gasteiger partial charge in [-0.1, -0.05) is 190 Å². The van der Waals surface area contributed by atoms with Gasteiger partial charge in [0.25, 0.3) is 0 Å². The van der Waals surface area contributed by atoms with Crippen LogP contribution in [0.5, 0.6) is 0 Å². The van der Waals surface area contributed by atoms with Crippen LogP contribution in [-0.2, 0) is 14.3 Å². The van der Waals surface area contributed by atoms with Gasteiger partial charge in [-0.05, 0) is 83.5 Å². The number of ether oxygens (including phenoxy) is 1. The second-order valence-corrected chi connectivity index (χ2v) is 14.9.